The predicted octanol–water partition coefficient (Wildman–Crippen LogP) is 1.95. The number of rotatable bonds is 4. The molecule has 0 spiro atoms. The predicted molar refractivity (Wildman–Crippen MR) is 42.6 cm³/mol. The van der Waals surface area contributed by atoms with Gasteiger partial charge in [-0.05, 0) is 21.1 Å². The number of hydrogen-bond acceptors (Lipinski definition) is 4. The van der Waals surface area contributed by atoms with Gasteiger partial charge in [0.2, 0.25) is 10.6 Å². The van der Waals surface area contributed by atoms with Crippen LogP contribution in [0.2, 0.25) is 0 Å². The summed E-state index contributed by atoms with van der Waals surface area (Å²) in [4.78, 5) is 3.72. The van der Waals surface area contributed by atoms with Gasteiger partial charge in [0, 0.05) is 0 Å². The molecule has 0 aliphatic heterocycles. The summed E-state index contributed by atoms with van der Waals surface area (Å²) in [6.45, 7) is -1.36. The lowest BCUT2D eigenvalue weighted by Crippen LogP contribution is -2.17. The molecule has 0 aliphatic rings. The van der Waals surface area contributed by atoms with E-state index in [1.54, 1.807) is 0 Å². The highest BCUT2D eigenvalue weighted by atomic mass is 79.9. The highest BCUT2D eigenvalue weighted by Gasteiger charge is 2.27. The third kappa shape index (κ3) is 4.56. The Morgan fingerprint density at radius 3 is 2.64 bits per heavy atom. The summed E-state index contributed by atoms with van der Waals surface area (Å²) in [6.07, 6.45) is -4.13. The molecule has 1 heterocycles. The molecule has 0 bridgehead atoms. The maximum absolute atomic E-state index is 11.6. The van der Waals surface area contributed by atoms with E-state index in [9.17, 15) is 13.2 Å². The van der Waals surface area contributed by atoms with E-state index in [1.165, 1.54) is 0 Å². The summed E-state index contributed by atoms with van der Waals surface area (Å²) in [6, 6.07) is 0. The van der Waals surface area contributed by atoms with Crippen LogP contribution in [0.5, 0.6) is 0 Å². The molecule has 4 nitrogen and oxygen atoms in total. The van der Waals surface area contributed by atoms with Crippen LogP contribution < -0.4 is 0 Å². The minimum Gasteiger partial charge on any atom is -0.372 e. The first kappa shape index (κ1) is 11.4. The molecule has 0 unspecified atom stereocenters. The van der Waals surface area contributed by atoms with Crippen molar-refractivity contribution in [1.29, 1.82) is 0 Å². The zero-order valence-electron chi connectivity index (χ0n) is 6.84. The van der Waals surface area contributed by atoms with Crippen LogP contribution in [0.1, 0.15) is 5.89 Å². The fourth-order valence-corrected chi connectivity index (χ4v) is 0.953. The number of hydrogen-bond donors (Lipinski definition) is 0. The molecule has 80 valence electrons. The minimum absolute atomic E-state index is 0.103. The molecule has 0 N–H and O–H groups in total. The monoisotopic (exact) mass is 274 g/mol. The van der Waals surface area contributed by atoms with Gasteiger partial charge in [0.1, 0.15) is 6.61 Å². The molecule has 1 aromatic heterocycles. The molecule has 0 saturated carbocycles. The SMILES string of the molecule is FC(F)(F)COCCc1nc(Br)no1. The molecule has 1 rings (SSSR count). The summed E-state index contributed by atoms with van der Waals surface area (Å²) < 4.78 is 44.0. The Morgan fingerprint density at radius 2 is 2.14 bits per heavy atom. The third-order valence-corrected chi connectivity index (χ3v) is 1.49. The average Bonchev–Trinajstić information content (AvgIpc) is 2.44. The van der Waals surface area contributed by atoms with Gasteiger partial charge in [-0.2, -0.15) is 18.2 Å². The van der Waals surface area contributed by atoms with Gasteiger partial charge < -0.3 is 9.26 Å². The van der Waals surface area contributed by atoms with Crippen molar-refractivity contribution in [1.82, 2.24) is 10.1 Å². The van der Waals surface area contributed by atoms with Crippen molar-refractivity contribution in [2.24, 2.45) is 0 Å². The lowest BCUT2D eigenvalue weighted by Gasteiger charge is -2.05. The second kappa shape index (κ2) is 4.74. The van der Waals surface area contributed by atoms with Crippen molar-refractivity contribution in [2.45, 2.75) is 12.6 Å². The van der Waals surface area contributed by atoms with Crippen LogP contribution in [0.15, 0.2) is 9.26 Å². The van der Waals surface area contributed by atoms with E-state index in [-0.39, 0.29) is 23.7 Å². The Hall–Kier alpha value is -0.630. The first-order valence-corrected chi connectivity index (χ1v) is 4.39. The zero-order valence-corrected chi connectivity index (χ0v) is 8.43. The van der Waals surface area contributed by atoms with Gasteiger partial charge >= 0.3 is 6.18 Å². The second-order valence-electron chi connectivity index (χ2n) is 2.37. The fraction of sp³-hybridized carbons (Fsp3) is 0.667. The first-order chi connectivity index (χ1) is 6.47. The van der Waals surface area contributed by atoms with Crippen molar-refractivity contribution in [3.63, 3.8) is 0 Å². The number of halogens is 4. The summed E-state index contributed by atoms with van der Waals surface area (Å²) in [5.74, 6) is 0.235. The van der Waals surface area contributed by atoms with E-state index >= 15 is 0 Å². The molecular formula is C6H6BrF3N2O2. The minimum atomic E-state index is -4.30. The number of ether oxygens (including phenoxy) is 1. The molecule has 0 amide bonds. The van der Waals surface area contributed by atoms with Crippen LogP contribution in [0, 0.1) is 0 Å². The molecule has 14 heavy (non-hydrogen) atoms. The molecule has 0 fully saturated rings. The van der Waals surface area contributed by atoms with Gasteiger partial charge in [-0.3, -0.25) is 0 Å². The van der Waals surface area contributed by atoms with Gasteiger partial charge in [-0.1, -0.05) is 0 Å². The number of aromatic nitrogens is 2. The van der Waals surface area contributed by atoms with E-state index in [2.05, 4.69) is 35.3 Å². The summed E-state index contributed by atoms with van der Waals surface area (Å²) in [5.41, 5.74) is 0. The highest BCUT2D eigenvalue weighted by Crippen LogP contribution is 2.14. The molecule has 1 aromatic rings. The van der Waals surface area contributed by atoms with Crippen LogP contribution in [-0.4, -0.2) is 29.5 Å². The number of alkyl halides is 3. The van der Waals surface area contributed by atoms with Crippen molar-refractivity contribution in [3.05, 3.63) is 10.6 Å². The average molecular weight is 275 g/mol. The molecular weight excluding hydrogens is 269 g/mol. The summed E-state index contributed by atoms with van der Waals surface area (Å²) in [5, 5.41) is 3.40. The van der Waals surface area contributed by atoms with E-state index in [1.807, 2.05) is 0 Å². The Balaban J connectivity index is 2.16. The summed E-state index contributed by atoms with van der Waals surface area (Å²) >= 11 is 2.94. The molecule has 0 radical (unpaired) electrons. The van der Waals surface area contributed by atoms with Gasteiger partial charge in [-0.25, -0.2) is 0 Å². The zero-order chi connectivity index (χ0) is 10.6. The maximum atomic E-state index is 11.6. The third-order valence-electron chi connectivity index (χ3n) is 1.17. The quantitative estimate of drug-likeness (QED) is 0.788. The number of nitrogens with zero attached hydrogens (tertiary/aromatic N) is 2. The molecule has 8 heteroatoms. The first-order valence-electron chi connectivity index (χ1n) is 3.60. The van der Waals surface area contributed by atoms with E-state index < -0.39 is 12.8 Å². The van der Waals surface area contributed by atoms with Crippen molar-refractivity contribution in [3.8, 4) is 0 Å². The van der Waals surface area contributed by atoms with Gasteiger partial charge in [0.15, 0.2) is 0 Å². The Morgan fingerprint density at radius 1 is 1.43 bits per heavy atom. The summed E-state index contributed by atoms with van der Waals surface area (Å²) in [7, 11) is 0. The smallest absolute Gasteiger partial charge is 0.372 e. The van der Waals surface area contributed by atoms with Crippen molar-refractivity contribution < 1.29 is 22.4 Å². The second-order valence-corrected chi connectivity index (χ2v) is 3.08. The fourth-order valence-electron chi connectivity index (χ4n) is 0.683. The van der Waals surface area contributed by atoms with Crippen molar-refractivity contribution in [2.75, 3.05) is 13.2 Å². The van der Waals surface area contributed by atoms with Crippen LogP contribution in [0.3, 0.4) is 0 Å². The maximum Gasteiger partial charge on any atom is 0.411 e. The van der Waals surface area contributed by atoms with Gasteiger partial charge in [0.25, 0.3) is 0 Å². The lowest BCUT2D eigenvalue weighted by atomic mass is 10.4. The standard InChI is InChI=1S/C6H6BrF3N2O2/c7-5-11-4(14-12-5)1-2-13-3-6(8,9)10/h1-3H2. The lowest BCUT2D eigenvalue weighted by molar-refractivity contribution is -0.173. The van der Waals surface area contributed by atoms with Gasteiger partial charge in [-0.15, -0.1) is 0 Å². The highest BCUT2D eigenvalue weighted by molar-refractivity contribution is 9.10. The van der Waals surface area contributed by atoms with E-state index in [0.29, 0.717) is 0 Å². The Kier molecular flexibility index (Phi) is 3.87. The van der Waals surface area contributed by atoms with Crippen LogP contribution >= 0.6 is 15.9 Å². The van der Waals surface area contributed by atoms with Gasteiger partial charge in [0.05, 0.1) is 13.0 Å². The Labute approximate surface area is 85.6 Å². The largest absolute Gasteiger partial charge is 0.411 e. The topological polar surface area (TPSA) is 48.2 Å². The molecule has 0 atom stereocenters. The van der Waals surface area contributed by atoms with E-state index in [0.717, 1.165) is 0 Å². The normalized spacial score (nSPS) is 12.0. The molecule has 0 saturated heterocycles. The van der Waals surface area contributed by atoms with Crippen LogP contribution in [-0.2, 0) is 11.2 Å². The van der Waals surface area contributed by atoms with Crippen LogP contribution in [0.4, 0.5) is 13.2 Å². The van der Waals surface area contributed by atoms with Crippen molar-refractivity contribution >= 4 is 15.9 Å². The Bertz CT molecular complexity index is 289. The van der Waals surface area contributed by atoms with Crippen LogP contribution in [0.25, 0.3) is 0 Å². The molecule has 0 aliphatic carbocycles. The molecule has 0 aromatic carbocycles. The van der Waals surface area contributed by atoms with E-state index in [4.69, 9.17) is 0 Å².